The Morgan fingerprint density at radius 1 is 0.944 bits per heavy atom. The average Bonchev–Trinajstić information content (AvgIpc) is 2.72. The lowest BCUT2D eigenvalue weighted by atomic mass is 10.1. The third-order valence-corrected chi connectivity index (χ3v) is 3.06. The molecule has 1 aliphatic rings. The van der Waals surface area contributed by atoms with E-state index in [9.17, 15) is 4.79 Å². The maximum atomic E-state index is 12.3. The van der Waals surface area contributed by atoms with Crippen LogP contribution in [0.5, 0.6) is 5.75 Å². The summed E-state index contributed by atoms with van der Waals surface area (Å²) >= 11 is 0. The van der Waals surface area contributed by atoms with E-state index >= 15 is 0 Å². The maximum absolute atomic E-state index is 12.3. The Morgan fingerprint density at radius 2 is 1.67 bits per heavy atom. The molecular weight excluding hydrogens is 228 g/mol. The van der Waals surface area contributed by atoms with Gasteiger partial charge in [-0.1, -0.05) is 36.4 Å². The van der Waals surface area contributed by atoms with Gasteiger partial charge in [0.1, 0.15) is 12.4 Å². The third-order valence-electron chi connectivity index (χ3n) is 3.06. The molecule has 0 saturated carbocycles. The molecule has 2 aromatic carbocycles. The molecule has 0 fully saturated rings. The Labute approximate surface area is 105 Å². The molecule has 1 aliphatic carbocycles. The highest BCUT2D eigenvalue weighted by Crippen LogP contribution is 2.40. The molecule has 0 amide bonds. The van der Waals surface area contributed by atoms with Gasteiger partial charge in [0.2, 0.25) is 0 Å². The number of aliphatic hydroxyl groups is 1. The SMILES string of the molecule is O=C1c2ccccc2-c2cccc(OCCO)c21. The first-order valence-electron chi connectivity index (χ1n) is 5.83. The summed E-state index contributed by atoms with van der Waals surface area (Å²) in [4.78, 5) is 12.3. The van der Waals surface area contributed by atoms with Gasteiger partial charge in [-0.15, -0.1) is 0 Å². The predicted octanol–water partition coefficient (Wildman–Crippen LogP) is 2.27. The predicted molar refractivity (Wildman–Crippen MR) is 67.9 cm³/mol. The fourth-order valence-electron chi connectivity index (χ4n) is 2.32. The Bertz CT molecular complexity index is 617. The molecule has 0 aliphatic heterocycles. The number of fused-ring (bicyclic) bond motifs is 3. The van der Waals surface area contributed by atoms with Gasteiger partial charge in [-0.05, 0) is 17.2 Å². The van der Waals surface area contributed by atoms with E-state index in [1.54, 1.807) is 6.07 Å². The van der Waals surface area contributed by atoms with Crippen molar-refractivity contribution in [3.8, 4) is 16.9 Å². The van der Waals surface area contributed by atoms with Crippen molar-refractivity contribution in [3.63, 3.8) is 0 Å². The lowest BCUT2D eigenvalue weighted by molar-refractivity contribution is 0.103. The van der Waals surface area contributed by atoms with Gasteiger partial charge in [-0.3, -0.25) is 4.79 Å². The number of benzene rings is 2. The van der Waals surface area contributed by atoms with Crippen molar-refractivity contribution in [1.82, 2.24) is 0 Å². The first-order chi connectivity index (χ1) is 8.83. The van der Waals surface area contributed by atoms with E-state index in [-0.39, 0.29) is 19.0 Å². The Kier molecular flexibility index (Phi) is 2.61. The van der Waals surface area contributed by atoms with Crippen molar-refractivity contribution >= 4 is 5.78 Å². The molecule has 0 aromatic heterocycles. The monoisotopic (exact) mass is 240 g/mol. The summed E-state index contributed by atoms with van der Waals surface area (Å²) in [6.45, 7) is 0.130. The number of rotatable bonds is 3. The van der Waals surface area contributed by atoms with Gasteiger partial charge in [-0.2, -0.15) is 0 Å². The zero-order valence-corrected chi connectivity index (χ0v) is 9.72. The molecule has 0 radical (unpaired) electrons. The van der Waals surface area contributed by atoms with Crippen LogP contribution in [0.2, 0.25) is 0 Å². The highest BCUT2D eigenvalue weighted by atomic mass is 16.5. The molecule has 0 heterocycles. The van der Waals surface area contributed by atoms with E-state index < -0.39 is 0 Å². The first-order valence-corrected chi connectivity index (χ1v) is 5.83. The fraction of sp³-hybridized carbons (Fsp3) is 0.133. The topological polar surface area (TPSA) is 46.5 Å². The molecule has 2 aromatic rings. The second kappa shape index (κ2) is 4.27. The summed E-state index contributed by atoms with van der Waals surface area (Å²) < 4.78 is 5.43. The highest BCUT2D eigenvalue weighted by Gasteiger charge is 2.29. The molecule has 1 N–H and O–H groups in total. The number of hydrogen-bond donors (Lipinski definition) is 1. The maximum Gasteiger partial charge on any atom is 0.198 e. The summed E-state index contributed by atoms with van der Waals surface area (Å²) in [5, 5.41) is 8.81. The normalized spacial score (nSPS) is 12.2. The largest absolute Gasteiger partial charge is 0.490 e. The molecule has 3 nitrogen and oxygen atoms in total. The summed E-state index contributed by atoms with van der Waals surface area (Å²) in [6, 6.07) is 13.1. The number of carbonyl (C=O) groups excluding carboxylic acids is 1. The van der Waals surface area contributed by atoms with E-state index in [0.717, 1.165) is 11.1 Å². The zero-order valence-electron chi connectivity index (χ0n) is 9.72. The number of aliphatic hydroxyl groups excluding tert-OH is 1. The van der Waals surface area contributed by atoms with E-state index in [1.165, 1.54) is 0 Å². The van der Waals surface area contributed by atoms with Gasteiger partial charge >= 0.3 is 0 Å². The Hall–Kier alpha value is -2.13. The minimum absolute atomic E-state index is 0.00543. The van der Waals surface area contributed by atoms with Crippen molar-refractivity contribution in [2.45, 2.75) is 0 Å². The number of ether oxygens (including phenoxy) is 1. The van der Waals surface area contributed by atoms with Crippen LogP contribution < -0.4 is 4.74 Å². The summed E-state index contributed by atoms with van der Waals surface area (Å²) in [7, 11) is 0. The van der Waals surface area contributed by atoms with Crippen molar-refractivity contribution in [2.24, 2.45) is 0 Å². The van der Waals surface area contributed by atoms with Gasteiger partial charge in [0.15, 0.2) is 5.78 Å². The molecule has 18 heavy (non-hydrogen) atoms. The minimum atomic E-state index is -0.0647. The average molecular weight is 240 g/mol. The Morgan fingerprint density at radius 3 is 2.44 bits per heavy atom. The molecule has 0 unspecified atom stereocenters. The van der Waals surface area contributed by atoms with E-state index in [0.29, 0.717) is 16.9 Å². The van der Waals surface area contributed by atoms with Crippen molar-refractivity contribution in [3.05, 3.63) is 53.6 Å². The fourth-order valence-corrected chi connectivity index (χ4v) is 2.32. The number of hydrogen-bond acceptors (Lipinski definition) is 3. The lowest BCUT2D eigenvalue weighted by Gasteiger charge is -2.08. The second-order valence-electron chi connectivity index (χ2n) is 4.13. The minimum Gasteiger partial charge on any atom is -0.490 e. The van der Waals surface area contributed by atoms with Crippen LogP contribution in [0, 0.1) is 0 Å². The van der Waals surface area contributed by atoms with Gasteiger partial charge in [0.25, 0.3) is 0 Å². The Balaban J connectivity index is 2.15. The lowest BCUT2D eigenvalue weighted by Crippen LogP contribution is -2.05. The van der Waals surface area contributed by atoms with Crippen molar-refractivity contribution in [1.29, 1.82) is 0 Å². The van der Waals surface area contributed by atoms with E-state index in [4.69, 9.17) is 9.84 Å². The van der Waals surface area contributed by atoms with Crippen LogP contribution in [0.4, 0.5) is 0 Å². The molecule has 90 valence electrons. The molecule has 0 bridgehead atoms. The molecule has 3 rings (SSSR count). The number of ketones is 1. The zero-order chi connectivity index (χ0) is 12.5. The van der Waals surface area contributed by atoms with Crippen molar-refractivity contribution in [2.75, 3.05) is 13.2 Å². The van der Waals surface area contributed by atoms with Crippen LogP contribution in [0.25, 0.3) is 11.1 Å². The molecule has 0 spiro atoms. The summed E-state index contributed by atoms with van der Waals surface area (Å²) in [5.74, 6) is 0.539. The van der Waals surface area contributed by atoms with Crippen LogP contribution in [0.15, 0.2) is 42.5 Å². The quantitative estimate of drug-likeness (QED) is 0.764. The smallest absolute Gasteiger partial charge is 0.198 e. The highest BCUT2D eigenvalue weighted by molar-refractivity contribution is 6.23. The second-order valence-corrected chi connectivity index (χ2v) is 4.13. The van der Waals surface area contributed by atoms with Gasteiger partial charge < -0.3 is 9.84 Å². The van der Waals surface area contributed by atoms with Crippen LogP contribution in [0.1, 0.15) is 15.9 Å². The van der Waals surface area contributed by atoms with Crippen LogP contribution >= 0.6 is 0 Å². The molecule has 0 saturated heterocycles. The standard InChI is InChI=1S/C15H12O3/c16-8-9-18-13-7-3-6-11-10-4-1-2-5-12(10)15(17)14(11)13/h1-7,16H,8-9H2. The first kappa shape index (κ1) is 11.0. The van der Waals surface area contributed by atoms with Crippen LogP contribution in [-0.2, 0) is 0 Å². The summed E-state index contributed by atoms with van der Waals surface area (Å²) in [6.07, 6.45) is 0. The van der Waals surface area contributed by atoms with Crippen LogP contribution in [-0.4, -0.2) is 24.1 Å². The van der Waals surface area contributed by atoms with Crippen molar-refractivity contribution < 1.29 is 14.6 Å². The van der Waals surface area contributed by atoms with Crippen LogP contribution in [0.3, 0.4) is 0 Å². The summed E-state index contributed by atoms with van der Waals surface area (Å²) in [5.41, 5.74) is 3.18. The van der Waals surface area contributed by atoms with Gasteiger partial charge in [0.05, 0.1) is 12.2 Å². The van der Waals surface area contributed by atoms with E-state index in [2.05, 4.69) is 0 Å². The van der Waals surface area contributed by atoms with Gasteiger partial charge in [-0.25, -0.2) is 0 Å². The third kappa shape index (κ3) is 1.52. The molecule has 0 atom stereocenters. The van der Waals surface area contributed by atoms with E-state index in [1.807, 2.05) is 36.4 Å². The number of carbonyl (C=O) groups is 1. The molecule has 3 heteroatoms. The van der Waals surface area contributed by atoms with Gasteiger partial charge in [0, 0.05) is 5.56 Å². The molecular formula is C15H12O3.